The van der Waals surface area contributed by atoms with Crippen LogP contribution < -0.4 is 0 Å². The fourth-order valence-electron chi connectivity index (χ4n) is 4.51. The highest BCUT2D eigenvalue weighted by molar-refractivity contribution is 6.30. The number of aromatic nitrogens is 5. The van der Waals surface area contributed by atoms with E-state index in [1.807, 2.05) is 42.1 Å². The lowest BCUT2D eigenvalue weighted by Crippen LogP contribution is -2.11. The molecule has 6 nitrogen and oxygen atoms in total. The Labute approximate surface area is 201 Å². The third kappa shape index (κ3) is 3.49. The summed E-state index contributed by atoms with van der Waals surface area (Å²) < 4.78 is 4.11. The van der Waals surface area contributed by atoms with Crippen LogP contribution in [-0.2, 0) is 12.1 Å². The van der Waals surface area contributed by atoms with Crippen molar-refractivity contribution in [3.05, 3.63) is 82.7 Å². The molecule has 1 fully saturated rings. The van der Waals surface area contributed by atoms with Gasteiger partial charge in [0.15, 0.2) is 5.82 Å². The Morgan fingerprint density at radius 1 is 1.00 bits per heavy atom. The van der Waals surface area contributed by atoms with E-state index in [1.165, 1.54) is 0 Å². The summed E-state index contributed by atoms with van der Waals surface area (Å²) in [6, 6.07) is 14.4. The molecular weight excluding hydrogens is 455 g/mol. The van der Waals surface area contributed by atoms with Crippen molar-refractivity contribution in [3.8, 4) is 16.8 Å². The van der Waals surface area contributed by atoms with Gasteiger partial charge in [-0.25, -0.2) is 0 Å². The summed E-state index contributed by atoms with van der Waals surface area (Å²) in [5.74, 6) is 2.41. The van der Waals surface area contributed by atoms with Crippen molar-refractivity contribution in [2.45, 2.75) is 38.3 Å². The van der Waals surface area contributed by atoms with Gasteiger partial charge in [-0.2, -0.15) is 5.10 Å². The zero-order chi connectivity index (χ0) is 22.6. The van der Waals surface area contributed by atoms with E-state index in [9.17, 15) is 0 Å². The molecule has 33 heavy (non-hydrogen) atoms. The molecule has 0 atom stereocenters. The maximum atomic E-state index is 6.19. The van der Waals surface area contributed by atoms with E-state index < -0.39 is 0 Å². The van der Waals surface area contributed by atoms with E-state index in [0.29, 0.717) is 10.9 Å². The van der Waals surface area contributed by atoms with Gasteiger partial charge in [-0.15, -0.1) is 21.8 Å². The summed E-state index contributed by atoms with van der Waals surface area (Å²) in [6.45, 7) is 2.80. The van der Waals surface area contributed by atoms with E-state index in [4.69, 9.17) is 28.2 Å². The third-order valence-corrected chi connectivity index (χ3v) is 6.91. The van der Waals surface area contributed by atoms with E-state index in [-0.39, 0.29) is 5.54 Å². The van der Waals surface area contributed by atoms with Crippen LogP contribution in [0.1, 0.15) is 42.0 Å². The molecule has 2 aromatic heterocycles. The molecule has 0 bridgehead atoms. The van der Waals surface area contributed by atoms with Crippen LogP contribution in [0, 0.1) is 6.92 Å². The monoisotopic (exact) mass is 476 g/mol. The summed E-state index contributed by atoms with van der Waals surface area (Å²) in [7, 11) is 0. The summed E-state index contributed by atoms with van der Waals surface area (Å²) in [5.41, 5.74) is 5.93. The first kappa shape index (κ1) is 20.6. The Hall–Kier alpha value is -2.96. The van der Waals surface area contributed by atoms with Crippen molar-refractivity contribution in [2.75, 3.05) is 5.88 Å². The molecule has 1 aliphatic carbocycles. The van der Waals surface area contributed by atoms with Gasteiger partial charge < -0.3 is 0 Å². The zero-order valence-corrected chi connectivity index (χ0v) is 19.7. The molecule has 4 aromatic rings. The maximum absolute atomic E-state index is 6.19. The molecule has 8 heteroatoms. The number of nitrogens with zero attached hydrogens (tertiary/aromatic N) is 6. The molecular formula is C25H22Cl2N6. The van der Waals surface area contributed by atoms with Gasteiger partial charge in [0, 0.05) is 40.3 Å². The van der Waals surface area contributed by atoms with Gasteiger partial charge in [-0.1, -0.05) is 29.8 Å². The van der Waals surface area contributed by atoms with Crippen LogP contribution in [0.5, 0.6) is 0 Å². The topological polar surface area (TPSA) is 60.9 Å². The highest BCUT2D eigenvalue weighted by atomic mass is 35.5. The number of alkyl halides is 1. The average Bonchev–Trinajstić information content (AvgIpc) is 3.30. The quantitative estimate of drug-likeness (QED) is 0.354. The van der Waals surface area contributed by atoms with Crippen LogP contribution in [0.25, 0.3) is 16.8 Å². The summed E-state index contributed by atoms with van der Waals surface area (Å²) >= 11 is 12.0. The molecule has 2 aromatic carbocycles. The van der Waals surface area contributed by atoms with Crippen molar-refractivity contribution >= 4 is 28.9 Å². The Kier molecular flexibility index (Phi) is 4.89. The largest absolute Gasteiger partial charge is 0.280 e. The average molecular weight is 477 g/mol. The minimum atomic E-state index is -0.318. The molecule has 0 radical (unpaired) electrons. The molecule has 166 valence electrons. The van der Waals surface area contributed by atoms with E-state index in [0.717, 1.165) is 71.1 Å². The summed E-state index contributed by atoms with van der Waals surface area (Å²) in [5, 5.41) is 14.2. The fraction of sp³-hybridized carbons (Fsp3) is 0.280. The number of hydrogen-bond acceptors (Lipinski definition) is 4. The molecule has 1 aliphatic heterocycles. The smallest absolute Gasteiger partial charge is 0.165 e. The molecule has 0 unspecified atom stereocenters. The Balaban J connectivity index is 1.54. The second-order valence-electron chi connectivity index (χ2n) is 8.67. The molecule has 6 rings (SSSR count). The van der Waals surface area contributed by atoms with Crippen LogP contribution in [0.3, 0.4) is 0 Å². The van der Waals surface area contributed by atoms with Crippen molar-refractivity contribution < 1.29 is 0 Å². The van der Waals surface area contributed by atoms with Crippen LogP contribution in [0.2, 0.25) is 5.02 Å². The third-order valence-electron chi connectivity index (χ3n) is 6.39. The number of rotatable bonds is 5. The first-order chi connectivity index (χ1) is 16.1. The Bertz CT molecular complexity index is 1380. The van der Waals surface area contributed by atoms with Crippen LogP contribution in [0.4, 0.5) is 0 Å². The van der Waals surface area contributed by atoms with Crippen LogP contribution in [-0.4, -0.2) is 36.1 Å². The number of aryl methyl sites for hydroxylation is 2. The lowest BCUT2D eigenvalue weighted by Gasteiger charge is -2.14. The lowest BCUT2D eigenvalue weighted by atomic mass is 9.96. The predicted molar refractivity (Wildman–Crippen MR) is 131 cm³/mol. The van der Waals surface area contributed by atoms with Gasteiger partial charge in [-0.3, -0.25) is 14.2 Å². The summed E-state index contributed by atoms with van der Waals surface area (Å²) in [4.78, 5) is 5.31. The lowest BCUT2D eigenvalue weighted by molar-refractivity contribution is 0.605. The number of benzene rings is 2. The predicted octanol–water partition coefficient (Wildman–Crippen LogP) is 5.56. The highest BCUT2D eigenvalue weighted by Crippen LogP contribution is 2.51. The normalized spacial score (nSPS) is 15.7. The second-order valence-corrected chi connectivity index (χ2v) is 9.49. The van der Waals surface area contributed by atoms with Crippen LogP contribution in [0.15, 0.2) is 59.9 Å². The SMILES string of the molecule is Cc1nnc2n1-c1ccc(-c3cnn(CCCCl)c3)cc1C(c1ccc(Cl)cc1)=NC21CC1. The first-order valence-corrected chi connectivity index (χ1v) is 12.0. The number of halogens is 2. The van der Waals surface area contributed by atoms with Crippen molar-refractivity contribution in [1.29, 1.82) is 0 Å². The standard InChI is InChI=1S/C25H22Cl2N6/c1-16-30-31-24-25(9-10-25)29-23(17-3-6-20(27)7-4-17)21-13-18(5-8-22(21)33(16)24)19-14-28-32(15-19)12-2-11-26/h3-8,13-15H,2,9-12H2,1H3. The first-order valence-electron chi connectivity index (χ1n) is 11.1. The van der Waals surface area contributed by atoms with Crippen molar-refractivity contribution in [2.24, 2.45) is 4.99 Å². The minimum absolute atomic E-state index is 0.318. The number of hydrogen-bond donors (Lipinski definition) is 0. The molecule has 1 spiro atoms. The van der Waals surface area contributed by atoms with Gasteiger partial charge in [0.05, 0.1) is 17.6 Å². The summed E-state index contributed by atoms with van der Waals surface area (Å²) in [6.07, 6.45) is 6.80. The zero-order valence-electron chi connectivity index (χ0n) is 18.2. The van der Waals surface area contributed by atoms with Crippen LogP contribution >= 0.6 is 23.2 Å². The molecule has 0 amide bonds. The van der Waals surface area contributed by atoms with Gasteiger partial charge >= 0.3 is 0 Å². The molecule has 2 aliphatic rings. The fourth-order valence-corrected chi connectivity index (χ4v) is 4.76. The molecule has 0 N–H and O–H groups in total. The number of fused-ring (bicyclic) bond motifs is 4. The Morgan fingerprint density at radius 3 is 2.55 bits per heavy atom. The maximum Gasteiger partial charge on any atom is 0.165 e. The van der Waals surface area contributed by atoms with Gasteiger partial charge in [-0.05, 0) is 56.0 Å². The molecule has 3 heterocycles. The molecule has 1 saturated carbocycles. The second kappa shape index (κ2) is 7.82. The van der Waals surface area contributed by atoms with Crippen molar-refractivity contribution in [1.82, 2.24) is 24.5 Å². The highest BCUT2D eigenvalue weighted by Gasteiger charge is 2.51. The molecule has 0 saturated heterocycles. The van der Waals surface area contributed by atoms with E-state index >= 15 is 0 Å². The van der Waals surface area contributed by atoms with E-state index in [2.05, 4.69) is 44.3 Å². The van der Waals surface area contributed by atoms with Gasteiger partial charge in [0.25, 0.3) is 0 Å². The van der Waals surface area contributed by atoms with Crippen molar-refractivity contribution in [3.63, 3.8) is 0 Å². The van der Waals surface area contributed by atoms with Gasteiger partial charge in [0.2, 0.25) is 0 Å². The van der Waals surface area contributed by atoms with E-state index in [1.54, 1.807) is 0 Å². The van der Waals surface area contributed by atoms with Gasteiger partial charge in [0.1, 0.15) is 11.4 Å². The number of aliphatic imine (C=N–C) groups is 1. The minimum Gasteiger partial charge on any atom is -0.280 e. The Morgan fingerprint density at radius 2 is 1.79 bits per heavy atom.